The number of rotatable bonds is 4. The van der Waals surface area contributed by atoms with E-state index >= 15 is 0 Å². The fourth-order valence-electron chi connectivity index (χ4n) is 2.13. The smallest absolute Gasteiger partial charge is 0.370 e. The molecule has 0 atom stereocenters. The number of benzene rings is 1. The highest BCUT2D eigenvalue weighted by Gasteiger charge is 2.12. The minimum Gasteiger partial charge on any atom is -1.00 e. The summed E-state index contributed by atoms with van der Waals surface area (Å²) in [5, 5.41) is 8.73. The van der Waals surface area contributed by atoms with Crippen LogP contribution in [0.2, 0.25) is 0 Å². The first-order valence-corrected chi connectivity index (χ1v) is 7.34. The number of aromatic nitrogens is 1. The minimum absolute atomic E-state index is 0. The summed E-state index contributed by atoms with van der Waals surface area (Å²) in [6.07, 6.45) is 7.63. The molecule has 4 heteroatoms. The van der Waals surface area contributed by atoms with E-state index in [9.17, 15) is 4.79 Å². The van der Waals surface area contributed by atoms with Crippen molar-refractivity contribution in [2.75, 3.05) is 0 Å². The van der Waals surface area contributed by atoms with Gasteiger partial charge in [-0.05, 0) is 22.1 Å². The van der Waals surface area contributed by atoms with E-state index in [-0.39, 0.29) is 24.4 Å². The van der Waals surface area contributed by atoms with Gasteiger partial charge in [-0.15, -0.1) is 0 Å². The number of nitrogens with zero attached hydrogens (tertiary/aromatic N) is 1. The highest BCUT2D eigenvalue weighted by atomic mass is 35.5. The average Bonchev–Trinajstić information content (AvgIpc) is 2.45. The van der Waals surface area contributed by atoms with Gasteiger partial charge in [-0.3, -0.25) is 0 Å². The molecule has 23 heavy (non-hydrogen) atoms. The van der Waals surface area contributed by atoms with Gasteiger partial charge in [0.1, 0.15) is 0 Å². The molecule has 0 saturated carbocycles. The van der Waals surface area contributed by atoms with E-state index in [4.69, 9.17) is 5.11 Å². The van der Waals surface area contributed by atoms with Crippen molar-refractivity contribution in [1.29, 1.82) is 0 Å². The monoisotopic (exact) mass is 331 g/mol. The van der Waals surface area contributed by atoms with E-state index in [0.717, 1.165) is 11.1 Å². The molecule has 0 aliphatic carbocycles. The average molecular weight is 332 g/mol. The Morgan fingerprint density at radius 1 is 1.00 bits per heavy atom. The third-order valence-corrected chi connectivity index (χ3v) is 3.48. The molecule has 1 aromatic heterocycles. The van der Waals surface area contributed by atoms with E-state index in [1.165, 1.54) is 5.56 Å². The topological polar surface area (TPSA) is 41.2 Å². The maximum absolute atomic E-state index is 10.6. The van der Waals surface area contributed by atoms with Gasteiger partial charge in [-0.1, -0.05) is 57.2 Å². The highest BCUT2D eigenvalue weighted by Crippen LogP contribution is 2.22. The second-order valence-electron chi connectivity index (χ2n) is 6.40. The Balaban J connectivity index is 0.00000264. The summed E-state index contributed by atoms with van der Waals surface area (Å²) in [5.41, 5.74) is 3.68. The first-order chi connectivity index (χ1) is 10.3. The van der Waals surface area contributed by atoms with Gasteiger partial charge in [-0.2, -0.15) is 4.57 Å². The third-order valence-electron chi connectivity index (χ3n) is 3.48. The molecule has 1 heterocycles. The summed E-state index contributed by atoms with van der Waals surface area (Å²) in [6, 6.07) is 12.4. The van der Waals surface area contributed by atoms with Crippen molar-refractivity contribution in [3.8, 4) is 0 Å². The normalized spacial score (nSPS) is 11.3. The summed E-state index contributed by atoms with van der Waals surface area (Å²) >= 11 is 0. The Morgan fingerprint density at radius 2 is 1.48 bits per heavy atom. The molecule has 1 N–H and O–H groups in total. The predicted molar refractivity (Wildman–Crippen MR) is 88.3 cm³/mol. The van der Waals surface area contributed by atoms with E-state index in [2.05, 4.69) is 51.1 Å². The Morgan fingerprint density at radius 3 is 1.91 bits per heavy atom. The van der Waals surface area contributed by atoms with Crippen molar-refractivity contribution in [1.82, 2.24) is 0 Å². The molecule has 0 fully saturated rings. The Kier molecular flexibility index (Phi) is 6.52. The van der Waals surface area contributed by atoms with Gasteiger partial charge in [0, 0.05) is 12.1 Å². The van der Waals surface area contributed by atoms with Crippen LogP contribution in [0.3, 0.4) is 0 Å². The molecule has 0 spiro atoms. The number of carboxylic acids is 1. The minimum atomic E-state index is -0.841. The van der Waals surface area contributed by atoms with Crippen molar-refractivity contribution < 1.29 is 26.9 Å². The largest absolute Gasteiger partial charge is 1.00 e. The van der Waals surface area contributed by atoms with Gasteiger partial charge < -0.3 is 17.5 Å². The summed E-state index contributed by atoms with van der Waals surface area (Å²) in [7, 11) is 0. The molecular formula is C19H22ClNO2. The molecule has 2 aromatic rings. The summed E-state index contributed by atoms with van der Waals surface area (Å²) in [5.74, 6) is -0.841. The number of hydrogen-bond acceptors (Lipinski definition) is 1. The maximum atomic E-state index is 10.6. The number of carbonyl (C=O) groups is 1. The molecule has 0 radical (unpaired) electrons. The zero-order chi connectivity index (χ0) is 16.2. The second kappa shape index (κ2) is 7.93. The van der Waals surface area contributed by atoms with Crippen molar-refractivity contribution in [2.24, 2.45) is 0 Å². The predicted octanol–water partition coefficient (Wildman–Crippen LogP) is 0.531. The van der Waals surface area contributed by atoms with Crippen LogP contribution in [0.4, 0.5) is 0 Å². The summed E-state index contributed by atoms with van der Waals surface area (Å²) in [6.45, 7) is 6.59. The zero-order valence-electron chi connectivity index (χ0n) is 13.7. The Hall–Kier alpha value is -2.13. The van der Waals surface area contributed by atoms with Gasteiger partial charge in [0.15, 0.2) is 12.4 Å². The fraction of sp³-hybridized carbons (Fsp3) is 0.263. The van der Waals surface area contributed by atoms with E-state index in [0.29, 0.717) is 0 Å². The molecule has 0 aliphatic heterocycles. The van der Waals surface area contributed by atoms with Crippen LogP contribution in [-0.2, 0) is 16.8 Å². The number of halogens is 1. The summed E-state index contributed by atoms with van der Waals surface area (Å²) in [4.78, 5) is 10.6. The summed E-state index contributed by atoms with van der Waals surface area (Å²) < 4.78 is 1.64. The zero-order valence-corrected chi connectivity index (χ0v) is 14.4. The molecule has 0 unspecified atom stereocenters. The van der Waals surface area contributed by atoms with Gasteiger partial charge in [0.2, 0.25) is 6.54 Å². The van der Waals surface area contributed by atoms with Gasteiger partial charge in [0.25, 0.3) is 0 Å². The molecule has 0 aliphatic rings. The molecule has 2 rings (SSSR count). The van der Waals surface area contributed by atoms with Gasteiger partial charge in [0.05, 0.1) is 0 Å². The lowest BCUT2D eigenvalue weighted by atomic mass is 9.87. The van der Waals surface area contributed by atoms with Crippen molar-refractivity contribution in [3.05, 3.63) is 65.5 Å². The van der Waals surface area contributed by atoms with Crippen LogP contribution >= 0.6 is 0 Å². The van der Waals surface area contributed by atoms with E-state index in [1.807, 2.05) is 18.2 Å². The van der Waals surface area contributed by atoms with Crippen LogP contribution in [0.15, 0.2) is 48.8 Å². The van der Waals surface area contributed by atoms with Crippen LogP contribution in [-0.4, -0.2) is 11.1 Å². The number of pyridine rings is 1. The molecule has 0 saturated heterocycles. The lowest BCUT2D eigenvalue weighted by molar-refractivity contribution is -0.685. The lowest BCUT2D eigenvalue weighted by Gasteiger charge is -2.18. The van der Waals surface area contributed by atoms with Gasteiger partial charge >= 0.3 is 5.97 Å². The molecule has 3 nitrogen and oxygen atoms in total. The van der Waals surface area contributed by atoms with Crippen molar-refractivity contribution in [2.45, 2.75) is 32.7 Å². The van der Waals surface area contributed by atoms with E-state index < -0.39 is 5.97 Å². The fourth-order valence-corrected chi connectivity index (χ4v) is 2.13. The van der Waals surface area contributed by atoms with Crippen LogP contribution < -0.4 is 17.0 Å². The van der Waals surface area contributed by atoms with Crippen LogP contribution in [0.25, 0.3) is 12.2 Å². The van der Waals surface area contributed by atoms with Gasteiger partial charge in [-0.25, -0.2) is 4.79 Å². The third kappa shape index (κ3) is 5.87. The number of carboxylic acid groups (broad SMARTS) is 1. The maximum Gasteiger partial charge on any atom is 0.370 e. The SMILES string of the molecule is CC(C)(C)c1ccc(/C=C\c2cc[n+](CC(=O)O)cc2)cc1.[Cl-]. The van der Waals surface area contributed by atoms with Crippen molar-refractivity contribution >= 4 is 18.1 Å². The first-order valence-electron chi connectivity index (χ1n) is 7.34. The van der Waals surface area contributed by atoms with E-state index in [1.54, 1.807) is 17.0 Å². The lowest BCUT2D eigenvalue weighted by Crippen LogP contribution is -3.00. The molecule has 122 valence electrons. The molecule has 0 bridgehead atoms. The molecule has 0 amide bonds. The van der Waals surface area contributed by atoms with Crippen LogP contribution in [0.1, 0.15) is 37.5 Å². The number of hydrogen-bond donors (Lipinski definition) is 1. The quantitative estimate of drug-likeness (QED) is 0.830. The highest BCUT2D eigenvalue weighted by molar-refractivity contribution is 5.69. The van der Waals surface area contributed by atoms with Crippen LogP contribution in [0.5, 0.6) is 0 Å². The second-order valence-corrected chi connectivity index (χ2v) is 6.40. The first kappa shape index (κ1) is 18.9. The van der Waals surface area contributed by atoms with Crippen LogP contribution in [0, 0.1) is 0 Å². The Bertz CT molecular complexity index is 668. The standard InChI is InChI=1S/C19H21NO2.ClH/c1-19(2,3)17-8-6-15(7-9-17)4-5-16-10-12-20(13-11-16)14-18(21)22;/h4-13H,14H2,1-3H3;1H/b5-4-;. The van der Waals surface area contributed by atoms with Crippen molar-refractivity contribution in [3.63, 3.8) is 0 Å². The molecule has 1 aromatic carbocycles. The number of aliphatic carboxylic acids is 1. The Labute approximate surface area is 143 Å². The molecular weight excluding hydrogens is 310 g/mol.